The van der Waals surface area contributed by atoms with Crippen LogP contribution >= 0.6 is 22.9 Å². The molecule has 112 valence electrons. The number of amides is 1. The predicted molar refractivity (Wildman–Crippen MR) is 87.2 cm³/mol. The minimum Gasteiger partial charge on any atom is -0.271 e. The zero-order chi connectivity index (χ0) is 15.5. The van der Waals surface area contributed by atoms with Crippen LogP contribution in [0, 0.1) is 0 Å². The minimum atomic E-state index is -0.266. The van der Waals surface area contributed by atoms with E-state index in [1.165, 1.54) is 16.0 Å². The largest absolute Gasteiger partial charge is 0.271 e. The number of rotatable bonds is 4. The summed E-state index contributed by atoms with van der Waals surface area (Å²) in [6, 6.07) is 11.1. The number of thiophene rings is 1. The van der Waals surface area contributed by atoms with Crippen molar-refractivity contribution in [3.63, 3.8) is 0 Å². The van der Waals surface area contributed by atoms with Gasteiger partial charge in [-0.2, -0.15) is 5.10 Å². The molecule has 3 aromatic rings. The average Bonchev–Trinajstić information content (AvgIpc) is 3.12. The zero-order valence-corrected chi connectivity index (χ0v) is 13.2. The van der Waals surface area contributed by atoms with Crippen molar-refractivity contribution in [2.75, 3.05) is 0 Å². The van der Waals surface area contributed by atoms with Crippen LogP contribution in [0.2, 0.25) is 4.34 Å². The summed E-state index contributed by atoms with van der Waals surface area (Å²) in [5.74, 6) is -0.266. The van der Waals surface area contributed by atoms with Crippen LogP contribution in [0.4, 0.5) is 0 Å². The summed E-state index contributed by atoms with van der Waals surface area (Å²) in [5, 5.41) is 12.0. The number of hydrogen-bond acceptors (Lipinski definition) is 5. The van der Waals surface area contributed by atoms with Crippen LogP contribution < -0.4 is 5.43 Å². The van der Waals surface area contributed by atoms with Crippen molar-refractivity contribution in [3.8, 4) is 0 Å². The molecular weight excluding hydrogens is 322 g/mol. The standard InChI is InChI=1S/C14H12ClN5OS/c1-9(12-6-7-13(15)22-12)16-18-14(21)8-20-11-5-3-2-4-10(11)17-19-20/h2-7H,8H2,1H3,(H,18,21). The van der Waals surface area contributed by atoms with Crippen molar-refractivity contribution in [2.24, 2.45) is 5.10 Å². The van der Waals surface area contributed by atoms with Gasteiger partial charge in [0.05, 0.1) is 20.4 Å². The molecule has 2 heterocycles. The fraction of sp³-hybridized carbons (Fsp3) is 0.143. The first-order chi connectivity index (χ1) is 10.6. The third-order valence-corrected chi connectivity index (χ3v) is 4.33. The lowest BCUT2D eigenvalue weighted by Crippen LogP contribution is -2.24. The number of aromatic nitrogens is 3. The molecule has 0 aliphatic carbocycles. The monoisotopic (exact) mass is 333 g/mol. The van der Waals surface area contributed by atoms with Gasteiger partial charge in [0.15, 0.2) is 0 Å². The highest BCUT2D eigenvalue weighted by Crippen LogP contribution is 2.21. The molecule has 0 atom stereocenters. The quantitative estimate of drug-likeness (QED) is 0.589. The number of para-hydroxylation sites is 1. The molecule has 6 nitrogen and oxygen atoms in total. The molecule has 0 spiro atoms. The summed E-state index contributed by atoms with van der Waals surface area (Å²) < 4.78 is 2.22. The molecule has 0 aliphatic heterocycles. The summed E-state index contributed by atoms with van der Waals surface area (Å²) in [7, 11) is 0. The normalized spacial score (nSPS) is 11.8. The fourth-order valence-electron chi connectivity index (χ4n) is 1.92. The van der Waals surface area contributed by atoms with Crippen molar-refractivity contribution < 1.29 is 4.79 Å². The van der Waals surface area contributed by atoms with E-state index in [1.807, 2.05) is 37.3 Å². The molecule has 0 aliphatic rings. The second kappa shape index (κ2) is 6.25. The van der Waals surface area contributed by atoms with Gasteiger partial charge in [-0.1, -0.05) is 28.9 Å². The Bertz CT molecular complexity index is 854. The highest BCUT2D eigenvalue weighted by Gasteiger charge is 2.08. The first-order valence-corrected chi connectivity index (χ1v) is 7.70. The Morgan fingerprint density at radius 3 is 2.95 bits per heavy atom. The Morgan fingerprint density at radius 1 is 1.36 bits per heavy atom. The van der Waals surface area contributed by atoms with Gasteiger partial charge in [-0.3, -0.25) is 4.79 Å². The van der Waals surface area contributed by atoms with Crippen LogP contribution in [0.5, 0.6) is 0 Å². The van der Waals surface area contributed by atoms with E-state index in [0.29, 0.717) is 10.0 Å². The van der Waals surface area contributed by atoms with Gasteiger partial charge in [0.1, 0.15) is 12.1 Å². The molecule has 3 rings (SSSR count). The summed E-state index contributed by atoms with van der Waals surface area (Å²) >= 11 is 7.29. The summed E-state index contributed by atoms with van der Waals surface area (Å²) in [6.07, 6.45) is 0. The number of nitrogens with one attached hydrogen (secondary N) is 1. The molecule has 0 bridgehead atoms. The van der Waals surface area contributed by atoms with Crippen molar-refractivity contribution in [1.82, 2.24) is 20.4 Å². The number of hydrogen-bond donors (Lipinski definition) is 1. The smallest absolute Gasteiger partial charge is 0.261 e. The van der Waals surface area contributed by atoms with Crippen LogP contribution in [-0.2, 0) is 11.3 Å². The third kappa shape index (κ3) is 3.15. The van der Waals surface area contributed by atoms with Crippen molar-refractivity contribution in [2.45, 2.75) is 13.5 Å². The molecule has 0 saturated heterocycles. The van der Waals surface area contributed by atoms with Gasteiger partial charge in [0.25, 0.3) is 5.91 Å². The minimum absolute atomic E-state index is 0.0580. The molecule has 0 unspecified atom stereocenters. The van der Waals surface area contributed by atoms with E-state index in [2.05, 4.69) is 20.8 Å². The summed E-state index contributed by atoms with van der Waals surface area (Å²) in [6.45, 7) is 1.87. The summed E-state index contributed by atoms with van der Waals surface area (Å²) in [5.41, 5.74) is 4.78. The number of benzene rings is 1. The van der Waals surface area contributed by atoms with Crippen LogP contribution in [0.15, 0.2) is 41.5 Å². The van der Waals surface area contributed by atoms with E-state index in [-0.39, 0.29) is 12.5 Å². The molecule has 0 saturated carbocycles. The van der Waals surface area contributed by atoms with Gasteiger partial charge in [-0.15, -0.1) is 16.4 Å². The number of fused-ring (bicyclic) bond motifs is 1. The average molecular weight is 334 g/mol. The Morgan fingerprint density at radius 2 is 2.18 bits per heavy atom. The number of carbonyl (C=O) groups excluding carboxylic acids is 1. The SMILES string of the molecule is CC(=NNC(=O)Cn1nnc2ccccc21)c1ccc(Cl)s1. The molecule has 0 radical (unpaired) electrons. The first-order valence-electron chi connectivity index (χ1n) is 6.50. The van der Waals surface area contributed by atoms with Crippen LogP contribution in [0.3, 0.4) is 0 Å². The molecule has 1 aromatic carbocycles. The van der Waals surface area contributed by atoms with Gasteiger partial charge in [-0.25, -0.2) is 10.1 Å². The highest BCUT2D eigenvalue weighted by molar-refractivity contribution is 7.18. The Hall–Kier alpha value is -2.25. The molecule has 1 N–H and O–H groups in total. The third-order valence-electron chi connectivity index (χ3n) is 2.99. The van der Waals surface area contributed by atoms with Gasteiger partial charge >= 0.3 is 0 Å². The zero-order valence-electron chi connectivity index (χ0n) is 11.7. The fourth-order valence-corrected chi connectivity index (χ4v) is 2.90. The maximum atomic E-state index is 12.0. The van der Waals surface area contributed by atoms with E-state index in [1.54, 1.807) is 6.07 Å². The van der Waals surface area contributed by atoms with Gasteiger partial charge in [-0.05, 0) is 31.2 Å². The van der Waals surface area contributed by atoms with E-state index >= 15 is 0 Å². The lowest BCUT2D eigenvalue weighted by Gasteiger charge is -2.02. The lowest BCUT2D eigenvalue weighted by atomic mass is 10.3. The number of hydrazone groups is 1. The number of carbonyl (C=O) groups is 1. The maximum absolute atomic E-state index is 12.0. The Labute approximate surface area is 135 Å². The van der Waals surface area contributed by atoms with E-state index in [0.717, 1.165) is 15.9 Å². The molecule has 0 fully saturated rings. The topological polar surface area (TPSA) is 72.2 Å². The first kappa shape index (κ1) is 14.7. The maximum Gasteiger partial charge on any atom is 0.261 e. The second-order valence-electron chi connectivity index (χ2n) is 4.57. The molecule has 8 heteroatoms. The number of nitrogens with zero attached hydrogens (tertiary/aromatic N) is 4. The molecule has 1 amide bonds. The van der Waals surface area contributed by atoms with Gasteiger partial charge < -0.3 is 0 Å². The predicted octanol–water partition coefficient (Wildman–Crippen LogP) is 2.69. The van der Waals surface area contributed by atoms with Gasteiger partial charge in [0, 0.05) is 0 Å². The van der Waals surface area contributed by atoms with Crippen LogP contribution in [0.1, 0.15) is 11.8 Å². The van der Waals surface area contributed by atoms with Gasteiger partial charge in [0.2, 0.25) is 0 Å². The van der Waals surface area contributed by atoms with E-state index in [9.17, 15) is 4.79 Å². The number of halogens is 1. The Kier molecular flexibility index (Phi) is 4.17. The van der Waals surface area contributed by atoms with Crippen LogP contribution in [0.25, 0.3) is 11.0 Å². The highest BCUT2D eigenvalue weighted by atomic mass is 35.5. The van der Waals surface area contributed by atoms with E-state index in [4.69, 9.17) is 11.6 Å². The summed E-state index contributed by atoms with van der Waals surface area (Å²) in [4.78, 5) is 12.9. The van der Waals surface area contributed by atoms with E-state index < -0.39 is 0 Å². The van der Waals surface area contributed by atoms with Crippen molar-refractivity contribution >= 4 is 45.6 Å². The van der Waals surface area contributed by atoms with Crippen molar-refractivity contribution in [3.05, 3.63) is 45.6 Å². The van der Waals surface area contributed by atoms with Crippen molar-refractivity contribution in [1.29, 1.82) is 0 Å². The second-order valence-corrected chi connectivity index (χ2v) is 6.29. The molecule has 22 heavy (non-hydrogen) atoms. The molecular formula is C14H12ClN5OS. The van der Waals surface area contributed by atoms with Crippen LogP contribution in [-0.4, -0.2) is 26.6 Å². The molecule has 2 aromatic heterocycles. The Balaban J connectivity index is 1.68. The lowest BCUT2D eigenvalue weighted by molar-refractivity contribution is -0.121.